The minimum atomic E-state index is -1.01. The highest BCUT2D eigenvalue weighted by Crippen LogP contribution is 2.16. The molecule has 6 heteroatoms. The Kier molecular flexibility index (Phi) is 6.99. The lowest BCUT2D eigenvalue weighted by Crippen LogP contribution is -2.10. The molecule has 0 aromatic carbocycles. The van der Waals surface area contributed by atoms with E-state index in [0.717, 1.165) is 23.2 Å². The number of hydrogen-bond acceptors (Lipinski definition) is 4. The molecule has 0 spiro atoms. The summed E-state index contributed by atoms with van der Waals surface area (Å²) in [5.41, 5.74) is 5.21. The molecule has 60 valence electrons. The summed E-state index contributed by atoms with van der Waals surface area (Å²) in [5.74, 6) is 0.876. The summed E-state index contributed by atoms with van der Waals surface area (Å²) in [4.78, 5) is 9.86. The molecular formula is C4H10N2O2S2. The number of nitrogens with two attached hydrogens (primary N) is 1. The quantitative estimate of drug-likeness (QED) is 0.334. The molecule has 0 atom stereocenters. The molecule has 4 N–H and O–H groups in total. The normalized spacial score (nSPS) is 9.30. The SMILES string of the molecule is NCCCSSNC(=O)O. The lowest BCUT2D eigenvalue weighted by Gasteiger charge is -1.96. The van der Waals surface area contributed by atoms with Crippen molar-refractivity contribution < 1.29 is 9.90 Å². The second-order valence-electron chi connectivity index (χ2n) is 1.45. The first-order valence-corrected chi connectivity index (χ1v) is 5.06. The van der Waals surface area contributed by atoms with Gasteiger partial charge in [0, 0.05) is 16.7 Å². The summed E-state index contributed by atoms with van der Waals surface area (Å²) < 4.78 is 2.16. The van der Waals surface area contributed by atoms with Crippen LogP contribution in [0, 0.1) is 0 Å². The average Bonchev–Trinajstić information content (AvgIpc) is 1.87. The first-order valence-electron chi connectivity index (χ1n) is 2.75. The first kappa shape index (κ1) is 9.93. The van der Waals surface area contributed by atoms with E-state index in [9.17, 15) is 4.79 Å². The molecular weight excluding hydrogens is 172 g/mol. The van der Waals surface area contributed by atoms with E-state index in [1.165, 1.54) is 10.8 Å². The third-order valence-electron chi connectivity index (χ3n) is 0.620. The Hall–Kier alpha value is -0.0700. The fraction of sp³-hybridized carbons (Fsp3) is 0.750. The number of amides is 1. The van der Waals surface area contributed by atoms with E-state index < -0.39 is 6.09 Å². The van der Waals surface area contributed by atoms with Crippen molar-refractivity contribution in [2.24, 2.45) is 5.73 Å². The van der Waals surface area contributed by atoms with Gasteiger partial charge in [0.1, 0.15) is 0 Å². The monoisotopic (exact) mass is 182 g/mol. The summed E-state index contributed by atoms with van der Waals surface area (Å²) in [6.07, 6.45) is -0.0934. The number of carboxylic acid groups (broad SMARTS) is 1. The van der Waals surface area contributed by atoms with E-state index in [0.29, 0.717) is 6.54 Å². The van der Waals surface area contributed by atoms with Crippen LogP contribution in [0.5, 0.6) is 0 Å². The van der Waals surface area contributed by atoms with Crippen LogP contribution in [-0.2, 0) is 0 Å². The predicted molar refractivity (Wildman–Crippen MR) is 44.9 cm³/mol. The maximum absolute atomic E-state index is 9.86. The Bertz CT molecular complexity index is 101. The van der Waals surface area contributed by atoms with Gasteiger partial charge in [0.25, 0.3) is 0 Å². The van der Waals surface area contributed by atoms with E-state index in [1.54, 1.807) is 0 Å². The zero-order valence-electron chi connectivity index (χ0n) is 5.37. The molecule has 0 aliphatic carbocycles. The van der Waals surface area contributed by atoms with Crippen molar-refractivity contribution in [3.63, 3.8) is 0 Å². The molecule has 0 aliphatic heterocycles. The Morgan fingerprint density at radius 3 is 2.90 bits per heavy atom. The number of carbonyl (C=O) groups is 1. The summed E-state index contributed by atoms with van der Waals surface area (Å²) in [6, 6.07) is 0. The molecule has 0 heterocycles. The second kappa shape index (κ2) is 7.04. The van der Waals surface area contributed by atoms with Gasteiger partial charge in [0.15, 0.2) is 0 Å². The van der Waals surface area contributed by atoms with Gasteiger partial charge in [-0.3, -0.25) is 4.72 Å². The molecule has 0 aromatic rings. The fourth-order valence-electron chi connectivity index (χ4n) is 0.249. The van der Waals surface area contributed by atoms with Crippen molar-refractivity contribution in [2.75, 3.05) is 12.3 Å². The third-order valence-corrected chi connectivity index (χ3v) is 2.55. The van der Waals surface area contributed by atoms with Gasteiger partial charge in [-0.05, 0) is 13.0 Å². The minimum Gasteiger partial charge on any atom is -0.464 e. The largest absolute Gasteiger partial charge is 0.464 e. The summed E-state index contributed by atoms with van der Waals surface area (Å²) in [6.45, 7) is 0.653. The highest BCUT2D eigenvalue weighted by atomic mass is 33.1. The molecule has 0 fully saturated rings. The van der Waals surface area contributed by atoms with Gasteiger partial charge < -0.3 is 10.8 Å². The molecule has 0 aromatic heterocycles. The van der Waals surface area contributed by atoms with Crippen molar-refractivity contribution in [1.82, 2.24) is 4.72 Å². The van der Waals surface area contributed by atoms with Crippen LogP contribution in [-0.4, -0.2) is 23.5 Å². The van der Waals surface area contributed by atoms with Gasteiger partial charge in [-0.25, -0.2) is 4.79 Å². The molecule has 1 amide bonds. The maximum Gasteiger partial charge on any atom is 0.415 e. The fourth-order valence-corrected chi connectivity index (χ4v) is 1.74. The van der Waals surface area contributed by atoms with Crippen molar-refractivity contribution in [2.45, 2.75) is 6.42 Å². The minimum absolute atomic E-state index is 0.653. The molecule has 0 rings (SSSR count). The summed E-state index contributed by atoms with van der Waals surface area (Å²) in [5, 5.41) is 8.10. The van der Waals surface area contributed by atoms with Gasteiger partial charge in [-0.2, -0.15) is 0 Å². The van der Waals surface area contributed by atoms with Crippen molar-refractivity contribution >= 4 is 27.9 Å². The first-order chi connectivity index (χ1) is 4.77. The van der Waals surface area contributed by atoms with Crippen molar-refractivity contribution in [1.29, 1.82) is 0 Å². The number of nitrogens with one attached hydrogen (secondary N) is 1. The number of hydrogen-bond donors (Lipinski definition) is 3. The van der Waals surface area contributed by atoms with Gasteiger partial charge in [0.05, 0.1) is 0 Å². The summed E-state index contributed by atoms with van der Waals surface area (Å²) in [7, 11) is 2.56. The van der Waals surface area contributed by atoms with Crippen LogP contribution in [0.25, 0.3) is 0 Å². The standard InChI is InChI=1S/C4H10N2O2S2/c5-2-1-3-9-10-6-4(7)8/h6H,1-3,5H2,(H,7,8). The highest BCUT2D eigenvalue weighted by molar-refractivity contribution is 8.76. The molecule has 10 heavy (non-hydrogen) atoms. The smallest absolute Gasteiger partial charge is 0.415 e. The second-order valence-corrected chi connectivity index (χ2v) is 3.68. The number of rotatable bonds is 5. The van der Waals surface area contributed by atoms with Crippen LogP contribution in [0.3, 0.4) is 0 Å². The Morgan fingerprint density at radius 1 is 1.70 bits per heavy atom. The van der Waals surface area contributed by atoms with Crippen LogP contribution in [0.1, 0.15) is 6.42 Å². The van der Waals surface area contributed by atoms with E-state index in [4.69, 9.17) is 10.8 Å². The lowest BCUT2D eigenvalue weighted by molar-refractivity contribution is 0.202. The zero-order chi connectivity index (χ0) is 7.82. The Labute approximate surface area is 67.5 Å². The van der Waals surface area contributed by atoms with Crippen molar-refractivity contribution in [3.05, 3.63) is 0 Å². The maximum atomic E-state index is 9.86. The molecule has 0 aliphatic rings. The molecule has 4 nitrogen and oxygen atoms in total. The third kappa shape index (κ3) is 7.93. The van der Waals surface area contributed by atoms with E-state index in [1.807, 2.05) is 0 Å². The van der Waals surface area contributed by atoms with Gasteiger partial charge in [-0.15, -0.1) is 0 Å². The molecule has 0 saturated carbocycles. The Balaban J connectivity index is 2.84. The molecule has 0 radical (unpaired) electrons. The predicted octanol–water partition coefficient (Wildman–Crippen LogP) is 0.899. The van der Waals surface area contributed by atoms with Crippen LogP contribution in [0.15, 0.2) is 0 Å². The molecule has 0 saturated heterocycles. The van der Waals surface area contributed by atoms with Crippen LogP contribution >= 0.6 is 21.8 Å². The topological polar surface area (TPSA) is 75.3 Å². The van der Waals surface area contributed by atoms with E-state index in [2.05, 4.69) is 4.72 Å². The van der Waals surface area contributed by atoms with E-state index in [-0.39, 0.29) is 0 Å². The van der Waals surface area contributed by atoms with Crippen LogP contribution in [0.4, 0.5) is 4.79 Å². The molecule has 0 bridgehead atoms. The Morgan fingerprint density at radius 2 is 2.40 bits per heavy atom. The average molecular weight is 182 g/mol. The van der Waals surface area contributed by atoms with Gasteiger partial charge in [-0.1, -0.05) is 10.8 Å². The summed E-state index contributed by atoms with van der Waals surface area (Å²) >= 11 is 0. The van der Waals surface area contributed by atoms with Gasteiger partial charge in [0.2, 0.25) is 0 Å². The van der Waals surface area contributed by atoms with E-state index >= 15 is 0 Å². The van der Waals surface area contributed by atoms with Gasteiger partial charge >= 0.3 is 6.09 Å². The van der Waals surface area contributed by atoms with Crippen molar-refractivity contribution in [3.8, 4) is 0 Å². The van der Waals surface area contributed by atoms with Crippen LogP contribution in [0.2, 0.25) is 0 Å². The molecule has 0 unspecified atom stereocenters. The lowest BCUT2D eigenvalue weighted by atomic mass is 10.5. The zero-order valence-corrected chi connectivity index (χ0v) is 7.00. The van der Waals surface area contributed by atoms with Crippen LogP contribution < -0.4 is 10.5 Å². The highest BCUT2D eigenvalue weighted by Gasteiger charge is 1.93.